The Bertz CT molecular complexity index is 1080. The molecule has 2 heterocycles. The highest BCUT2D eigenvalue weighted by Gasteiger charge is 2.31. The lowest BCUT2D eigenvalue weighted by atomic mass is 10.1. The fourth-order valence-corrected chi connectivity index (χ4v) is 3.60. The molecule has 0 saturated carbocycles. The summed E-state index contributed by atoms with van der Waals surface area (Å²) in [6, 6.07) is 18.2. The summed E-state index contributed by atoms with van der Waals surface area (Å²) < 4.78 is 5.17. The van der Waals surface area contributed by atoms with Gasteiger partial charge in [-0.2, -0.15) is 0 Å². The first-order valence-electron chi connectivity index (χ1n) is 9.40. The van der Waals surface area contributed by atoms with Gasteiger partial charge >= 0.3 is 0 Å². The van der Waals surface area contributed by atoms with Crippen LogP contribution < -0.4 is 15.0 Å². The molecule has 0 spiro atoms. The molecule has 1 aromatic heterocycles. The van der Waals surface area contributed by atoms with Crippen molar-refractivity contribution < 1.29 is 14.3 Å². The molecule has 29 heavy (non-hydrogen) atoms. The number of para-hydroxylation sites is 1. The van der Waals surface area contributed by atoms with E-state index in [0.717, 1.165) is 17.7 Å². The molecule has 0 aliphatic carbocycles. The van der Waals surface area contributed by atoms with E-state index in [4.69, 9.17) is 4.74 Å². The van der Waals surface area contributed by atoms with Gasteiger partial charge in [0.05, 0.1) is 7.11 Å². The number of rotatable bonds is 4. The molecular weight excluding hydrogens is 366 g/mol. The molecular formula is C23H21N3O3. The van der Waals surface area contributed by atoms with E-state index in [9.17, 15) is 9.59 Å². The summed E-state index contributed by atoms with van der Waals surface area (Å²) >= 11 is 0. The van der Waals surface area contributed by atoms with Gasteiger partial charge in [0.25, 0.3) is 11.8 Å². The average molecular weight is 387 g/mol. The van der Waals surface area contributed by atoms with E-state index in [2.05, 4.69) is 10.3 Å². The van der Waals surface area contributed by atoms with Crippen LogP contribution in [0.2, 0.25) is 0 Å². The summed E-state index contributed by atoms with van der Waals surface area (Å²) in [5.41, 5.74) is 3.27. The molecule has 1 aliphatic heterocycles. The van der Waals surface area contributed by atoms with Crippen molar-refractivity contribution in [1.82, 2.24) is 4.98 Å². The fourth-order valence-electron chi connectivity index (χ4n) is 3.60. The minimum atomic E-state index is -0.386. The van der Waals surface area contributed by atoms with E-state index in [-0.39, 0.29) is 23.6 Å². The maximum Gasteiger partial charge on any atom is 0.274 e. The first-order chi connectivity index (χ1) is 14.1. The molecule has 1 unspecified atom stereocenters. The van der Waals surface area contributed by atoms with E-state index < -0.39 is 0 Å². The highest BCUT2D eigenvalue weighted by atomic mass is 16.5. The summed E-state index contributed by atoms with van der Waals surface area (Å²) in [7, 11) is 1.56. The maximum absolute atomic E-state index is 13.2. The number of pyridine rings is 1. The van der Waals surface area contributed by atoms with Gasteiger partial charge < -0.3 is 15.0 Å². The lowest BCUT2D eigenvalue weighted by Crippen LogP contribution is -2.35. The molecule has 146 valence electrons. The molecule has 1 N–H and O–H groups in total. The van der Waals surface area contributed by atoms with Crippen molar-refractivity contribution in [3.05, 3.63) is 83.7 Å². The highest BCUT2D eigenvalue weighted by molar-refractivity contribution is 6.10. The summed E-state index contributed by atoms with van der Waals surface area (Å²) in [4.78, 5) is 31.7. The zero-order valence-corrected chi connectivity index (χ0v) is 16.3. The zero-order valence-electron chi connectivity index (χ0n) is 16.3. The third-order valence-electron chi connectivity index (χ3n) is 4.99. The zero-order chi connectivity index (χ0) is 20.4. The molecule has 2 aromatic carbocycles. The number of amides is 2. The Morgan fingerprint density at radius 2 is 1.93 bits per heavy atom. The number of carbonyl (C=O) groups is 2. The number of hydrogen-bond donors (Lipinski definition) is 1. The van der Waals surface area contributed by atoms with Crippen LogP contribution in [-0.4, -0.2) is 29.9 Å². The Kier molecular flexibility index (Phi) is 4.99. The largest absolute Gasteiger partial charge is 0.497 e. The van der Waals surface area contributed by atoms with Crippen LogP contribution in [0.4, 0.5) is 11.4 Å². The molecule has 1 atom stereocenters. The first kappa shape index (κ1) is 18.7. The summed E-state index contributed by atoms with van der Waals surface area (Å²) in [6.07, 6.45) is 2.30. The number of anilines is 2. The number of ether oxygens (including phenoxy) is 1. The molecule has 2 amide bonds. The number of methoxy groups -OCH3 is 1. The second-order valence-corrected chi connectivity index (χ2v) is 6.97. The Hall–Kier alpha value is -3.67. The lowest BCUT2D eigenvalue weighted by Gasteiger charge is -2.23. The maximum atomic E-state index is 13.2. The van der Waals surface area contributed by atoms with Crippen LogP contribution >= 0.6 is 0 Å². The Labute approximate surface area is 169 Å². The van der Waals surface area contributed by atoms with Crippen molar-refractivity contribution in [2.24, 2.45) is 0 Å². The monoisotopic (exact) mass is 387 g/mol. The quantitative estimate of drug-likeness (QED) is 0.736. The minimum Gasteiger partial charge on any atom is -0.497 e. The van der Waals surface area contributed by atoms with Crippen molar-refractivity contribution in [3.8, 4) is 5.75 Å². The van der Waals surface area contributed by atoms with E-state index >= 15 is 0 Å². The van der Waals surface area contributed by atoms with Gasteiger partial charge in [-0.15, -0.1) is 0 Å². The number of aromatic nitrogens is 1. The standard InChI is InChI=1S/C23H21N3O3/c1-15-12-16-6-3-4-9-21(16)26(15)23(28)17-10-11-24-20(13-17)22(27)25-18-7-5-8-19(14-18)29-2/h3-11,13-15H,12H2,1-2H3,(H,25,27). The lowest BCUT2D eigenvalue weighted by molar-refractivity contribution is 0.0981. The number of fused-ring (bicyclic) bond motifs is 1. The van der Waals surface area contributed by atoms with Crippen LogP contribution in [0, 0.1) is 0 Å². The van der Waals surface area contributed by atoms with Crippen molar-refractivity contribution in [2.75, 3.05) is 17.3 Å². The Morgan fingerprint density at radius 1 is 1.10 bits per heavy atom. The summed E-state index contributed by atoms with van der Waals surface area (Å²) in [6.45, 7) is 2.02. The van der Waals surface area contributed by atoms with Crippen molar-refractivity contribution in [3.63, 3.8) is 0 Å². The SMILES string of the molecule is COc1cccc(NC(=O)c2cc(C(=O)N3c4ccccc4CC3C)ccn2)c1. The van der Waals surface area contributed by atoms with Gasteiger partial charge in [-0.05, 0) is 49.2 Å². The Morgan fingerprint density at radius 3 is 2.76 bits per heavy atom. The average Bonchev–Trinajstić information content (AvgIpc) is 3.09. The van der Waals surface area contributed by atoms with Crippen LogP contribution in [0.15, 0.2) is 66.9 Å². The predicted molar refractivity (Wildman–Crippen MR) is 112 cm³/mol. The van der Waals surface area contributed by atoms with Gasteiger partial charge in [0.15, 0.2) is 0 Å². The van der Waals surface area contributed by atoms with E-state index in [0.29, 0.717) is 17.0 Å². The Balaban J connectivity index is 1.57. The number of benzene rings is 2. The van der Waals surface area contributed by atoms with Gasteiger partial charge in [0.2, 0.25) is 0 Å². The highest BCUT2D eigenvalue weighted by Crippen LogP contribution is 2.33. The van der Waals surface area contributed by atoms with Crippen molar-refractivity contribution in [1.29, 1.82) is 0 Å². The molecule has 0 fully saturated rings. The predicted octanol–water partition coefficient (Wildman–Crippen LogP) is 3.93. The summed E-state index contributed by atoms with van der Waals surface area (Å²) in [5.74, 6) is 0.115. The second kappa shape index (κ2) is 7.75. The number of hydrogen-bond acceptors (Lipinski definition) is 4. The molecule has 6 nitrogen and oxygen atoms in total. The molecule has 0 saturated heterocycles. The molecule has 0 bridgehead atoms. The topological polar surface area (TPSA) is 71.5 Å². The van der Waals surface area contributed by atoms with Crippen LogP contribution in [0.3, 0.4) is 0 Å². The minimum absolute atomic E-state index is 0.0575. The van der Waals surface area contributed by atoms with Crippen molar-refractivity contribution >= 4 is 23.2 Å². The first-order valence-corrected chi connectivity index (χ1v) is 9.40. The number of nitrogens with one attached hydrogen (secondary N) is 1. The van der Waals surface area contributed by atoms with Gasteiger partial charge in [-0.25, -0.2) is 0 Å². The van der Waals surface area contributed by atoms with Crippen LogP contribution in [0.5, 0.6) is 5.75 Å². The summed E-state index contributed by atoms with van der Waals surface area (Å²) in [5, 5.41) is 2.79. The number of carbonyl (C=O) groups excluding carboxylic acids is 2. The van der Waals surface area contributed by atoms with Gasteiger partial charge in [-0.1, -0.05) is 24.3 Å². The second-order valence-electron chi connectivity index (χ2n) is 6.97. The molecule has 0 radical (unpaired) electrons. The smallest absolute Gasteiger partial charge is 0.274 e. The van der Waals surface area contributed by atoms with Gasteiger partial charge in [-0.3, -0.25) is 14.6 Å². The van der Waals surface area contributed by atoms with Crippen LogP contribution in [0.25, 0.3) is 0 Å². The van der Waals surface area contributed by atoms with Gasteiger partial charge in [0, 0.05) is 35.2 Å². The normalized spacial score (nSPS) is 15.0. The number of nitrogens with zero attached hydrogens (tertiary/aromatic N) is 2. The van der Waals surface area contributed by atoms with Crippen LogP contribution in [-0.2, 0) is 6.42 Å². The molecule has 6 heteroatoms. The molecule has 3 aromatic rings. The molecule has 1 aliphatic rings. The van der Waals surface area contributed by atoms with Crippen LogP contribution in [0.1, 0.15) is 33.3 Å². The third kappa shape index (κ3) is 3.69. The fraction of sp³-hybridized carbons (Fsp3) is 0.174. The van der Waals surface area contributed by atoms with Crippen molar-refractivity contribution in [2.45, 2.75) is 19.4 Å². The third-order valence-corrected chi connectivity index (χ3v) is 4.99. The van der Waals surface area contributed by atoms with E-state index in [1.165, 1.54) is 12.3 Å². The van der Waals surface area contributed by atoms with E-state index in [1.54, 1.807) is 42.3 Å². The molecule has 4 rings (SSSR count). The van der Waals surface area contributed by atoms with Gasteiger partial charge in [0.1, 0.15) is 11.4 Å². The van der Waals surface area contributed by atoms with E-state index in [1.807, 2.05) is 31.2 Å².